The first-order valence-corrected chi connectivity index (χ1v) is 20.4. The Kier molecular flexibility index (Phi) is 9.48. The first-order chi connectivity index (χ1) is 24.1. The minimum Gasteiger partial charge on any atom is -0.459 e. The van der Waals surface area contributed by atoms with E-state index in [1.165, 1.54) is 70.0 Å². The molecule has 50 heavy (non-hydrogen) atoms. The predicted octanol–water partition coefficient (Wildman–Crippen LogP) is 7.79. The van der Waals surface area contributed by atoms with Crippen molar-refractivity contribution in [2.45, 2.75) is 148 Å². The summed E-state index contributed by atoms with van der Waals surface area (Å²) in [5.41, 5.74) is 0.887. The zero-order valence-corrected chi connectivity index (χ0v) is 31.1. The number of carbonyl (C=O) groups is 2. The van der Waals surface area contributed by atoms with Gasteiger partial charge >= 0.3 is 12.0 Å². The zero-order valence-electron chi connectivity index (χ0n) is 31.1. The first kappa shape index (κ1) is 34.8. The largest absolute Gasteiger partial charge is 0.459 e. The average Bonchev–Trinajstić information content (AvgIpc) is 3.57. The Bertz CT molecular complexity index is 1380. The molecule has 0 unspecified atom stereocenters. The molecule has 7 fully saturated rings. The number of hydrogen-bond donors (Lipinski definition) is 1. The number of amides is 2. The van der Waals surface area contributed by atoms with E-state index in [4.69, 9.17) is 14.2 Å². The van der Waals surface area contributed by atoms with Crippen molar-refractivity contribution in [3.8, 4) is 0 Å². The summed E-state index contributed by atoms with van der Waals surface area (Å²) in [4.78, 5) is 36.5. The lowest BCUT2D eigenvalue weighted by Crippen LogP contribution is -2.57. The number of urea groups is 1. The van der Waals surface area contributed by atoms with Crippen LogP contribution in [0.1, 0.15) is 134 Å². The first-order valence-electron chi connectivity index (χ1n) is 20.4. The Labute approximate surface area is 299 Å². The van der Waals surface area contributed by atoms with Crippen LogP contribution in [0, 0.1) is 52.3 Å². The number of carbonyl (C=O) groups excluding carboxylic acids is 2. The van der Waals surface area contributed by atoms with Gasteiger partial charge in [-0.05, 0) is 117 Å². The second-order valence-electron chi connectivity index (χ2n) is 18.3. The van der Waals surface area contributed by atoms with Crippen LogP contribution >= 0.6 is 0 Å². The molecule has 0 bridgehead atoms. The summed E-state index contributed by atoms with van der Waals surface area (Å²) in [6, 6.07) is 0.415. The van der Waals surface area contributed by atoms with Crippen molar-refractivity contribution < 1.29 is 23.8 Å². The fraction of sp³-hybridized carbons (Fsp3) is 0.854. The molecule has 0 radical (unpaired) electrons. The minimum atomic E-state index is -0.494. The lowest BCUT2D eigenvalue weighted by molar-refractivity contribution is -0.273. The van der Waals surface area contributed by atoms with Crippen molar-refractivity contribution in [2.24, 2.45) is 52.3 Å². The summed E-state index contributed by atoms with van der Waals surface area (Å²) in [6.07, 6.45) is 22.4. The molecule has 5 saturated carbocycles. The van der Waals surface area contributed by atoms with E-state index in [1.807, 2.05) is 4.90 Å². The van der Waals surface area contributed by atoms with Gasteiger partial charge < -0.3 is 24.4 Å². The fourth-order valence-electron chi connectivity index (χ4n) is 13.2. The molecular formula is C41H62N4O5. The third-order valence-electron chi connectivity index (χ3n) is 15.9. The monoisotopic (exact) mass is 690 g/mol. The molecule has 1 spiro atoms. The van der Waals surface area contributed by atoms with E-state index in [0.29, 0.717) is 47.2 Å². The van der Waals surface area contributed by atoms with Crippen LogP contribution in [0.5, 0.6) is 0 Å². The zero-order chi connectivity index (χ0) is 34.7. The van der Waals surface area contributed by atoms with Gasteiger partial charge in [0.2, 0.25) is 0 Å². The summed E-state index contributed by atoms with van der Waals surface area (Å²) in [5.74, 6) is 3.85. The molecule has 0 aromatic carbocycles. The number of nitrogens with one attached hydrogen (secondary N) is 1. The quantitative estimate of drug-likeness (QED) is 0.304. The maximum absolute atomic E-state index is 14.0. The van der Waals surface area contributed by atoms with Gasteiger partial charge in [0.1, 0.15) is 6.61 Å². The van der Waals surface area contributed by atoms with Gasteiger partial charge in [-0.25, -0.2) is 14.6 Å². The topological polar surface area (TPSA) is 103 Å². The minimum absolute atomic E-state index is 0.0176. The number of ether oxygens (including phenoxy) is 3. The van der Waals surface area contributed by atoms with E-state index in [-0.39, 0.29) is 36.2 Å². The van der Waals surface area contributed by atoms with Crippen LogP contribution in [0.15, 0.2) is 18.6 Å². The second-order valence-corrected chi connectivity index (χ2v) is 18.3. The van der Waals surface area contributed by atoms with E-state index in [9.17, 15) is 9.59 Å². The van der Waals surface area contributed by atoms with Crippen LogP contribution in [0.2, 0.25) is 0 Å². The van der Waals surface area contributed by atoms with Crippen molar-refractivity contribution in [1.82, 2.24) is 20.2 Å². The number of nitrogens with zero attached hydrogens (tertiary/aromatic N) is 3. The maximum atomic E-state index is 14.0. The van der Waals surface area contributed by atoms with Crippen LogP contribution in [0.3, 0.4) is 0 Å². The number of aromatic nitrogens is 2. The molecule has 9 heteroatoms. The molecule has 9 nitrogen and oxygen atoms in total. The number of esters is 1. The Morgan fingerprint density at radius 2 is 1.76 bits per heavy atom. The van der Waals surface area contributed by atoms with E-state index in [1.54, 1.807) is 0 Å². The maximum Gasteiger partial charge on any atom is 0.358 e. The van der Waals surface area contributed by atoms with Crippen molar-refractivity contribution in [3.63, 3.8) is 0 Å². The molecule has 5 aliphatic carbocycles. The van der Waals surface area contributed by atoms with Gasteiger partial charge in [-0.3, -0.25) is 4.98 Å². The van der Waals surface area contributed by atoms with Gasteiger partial charge in [-0.2, -0.15) is 0 Å². The molecule has 1 aromatic heterocycles. The predicted molar refractivity (Wildman–Crippen MR) is 190 cm³/mol. The SMILES string of the molecule is C[C@H]1CC[C@@]2(OC1)O[C@H]1C[C@H]3[C@@H]4CC[C@@H]5C[C@H](NC(=O)N(CCOC(=O)c6cnccn6)C6CCCCC6)CC[C@]5(C)[C@H]4CC[C@]3(C)[C@H]1[C@@H]2C. The molecule has 2 saturated heterocycles. The Morgan fingerprint density at radius 3 is 2.52 bits per heavy atom. The van der Waals surface area contributed by atoms with E-state index in [0.717, 1.165) is 69.3 Å². The van der Waals surface area contributed by atoms with Crippen molar-refractivity contribution in [1.29, 1.82) is 0 Å². The van der Waals surface area contributed by atoms with E-state index in [2.05, 4.69) is 43.0 Å². The molecule has 276 valence electrons. The summed E-state index contributed by atoms with van der Waals surface area (Å²) in [6.45, 7) is 11.4. The standard InChI is InChI=1S/C41H62N4O5/c1-26-12-17-41(49-25-26)27(2)36-35(50-41)23-33-31-11-10-28-22-29(13-15-39(28,3)32(31)14-16-40(33,36)4)44-38(47)45(30-8-6-5-7-9-30)20-21-48-37(46)34-24-42-18-19-43-34/h18-19,24,26-33,35-36H,5-17,20-23,25H2,1-4H3,(H,44,47)/t26-,27-,28+,29+,31+,32-,33-,35-,36-,39-,40-,41+/m0/s1. The Balaban J connectivity index is 0.893. The highest BCUT2D eigenvalue weighted by Crippen LogP contribution is 2.71. The smallest absolute Gasteiger partial charge is 0.358 e. The average molecular weight is 691 g/mol. The van der Waals surface area contributed by atoms with Gasteiger partial charge in [0.25, 0.3) is 0 Å². The molecule has 3 heterocycles. The van der Waals surface area contributed by atoms with Crippen LogP contribution in [-0.2, 0) is 14.2 Å². The van der Waals surface area contributed by atoms with Gasteiger partial charge in [0, 0.05) is 36.8 Å². The normalized spacial score (nSPS) is 44.0. The molecule has 2 aliphatic heterocycles. The van der Waals surface area contributed by atoms with Crippen molar-refractivity contribution in [3.05, 3.63) is 24.3 Å². The Morgan fingerprint density at radius 1 is 0.940 bits per heavy atom. The molecule has 1 aromatic rings. The number of fused-ring (bicyclic) bond motifs is 7. The molecule has 12 atom stereocenters. The lowest BCUT2D eigenvalue weighted by atomic mass is 9.44. The van der Waals surface area contributed by atoms with Gasteiger partial charge in [-0.15, -0.1) is 0 Å². The molecular weight excluding hydrogens is 628 g/mol. The van der Waals surface area contributed by atoms with Crippen molar-refractivity contribution in [2.75, 3.05) is 19.8 Å². The molecule has 2 amide bonds. The molecule has 1 N–H and O–H groups in total. The lowest BCUT2D eigenvalue weighted by Gasteiger charge is -2.61. The fourth-order valence-corrected chi connectivity index (χ4v) is 13.2. The summed E-state index contributed by atoms with van der Waals surface area (Å²) >= 11 is 0. The highest BCUT2D eigenvalue weighted by molar-refractivity contribution is 5.86. The molecule has 8 rings (SSSR count). The number of rotatable bonds is 6. The van der Waals surface area contributed by atoms with Crippen molar-refractivity contribution >= 4 is 12.0 Å². The van der Waals surface area contributed by atoms with E-state index >= 15 is 0 Å². The van der Waals surface area contributed by atoms with Crippen LogP contribution in [0.25, 0.3) is 0 Å². The highest BCUT2D eigenvalue weighted by atomic mass is 16.7. The molecule has 7 aliphatic rings. The van der Waals surface area contributed by atoms with Crippen LogP contribution in [-0.4, -0.2) is 70.6 Å². The van der Waals surface area contributed by atoms with Gasteiger partial charge in [0.15, 0.2) is 11.5 Å². The summed E-state index contributed by atoms with van der Waals surface area (Å²) in [7, 11) is 0. The summed E-state index contributed by atoms with van der Waals surface area (Å²) in [5, 5.41) is 3.51. The van der Waals surface area contributed by atoms with Gasteiger partial charge in [-0.1, -0.05) is 47.0 Å². The van der Waals surface area contributed by atoms with Crippen LogP contribution < -0.4 is 5.32 Å². The third kappa shape index (κ3) is 5.98. The summed E-state index contributed by atoms with van der Waals surface area (Å²) < 4.78 is 19.1. The second kappa shape index (κ2) is 13.6. The van der Waals surface area contributed by atoms with E-state index < -0.39 is 5.97 Å². The third-order valence-corrected chi connectivity index (χ3v) is 15.9. The highest BCUT2D eigenvalue weighted by Gasteiger charge is 2.69. The number of hydrogen-bond acceptors (Lipinski definition) is 7. The van der Waals surface area contributed by atoms with Gasteiger partial charge in [0.05, 0.1) is 25.5 Å². The van der Waals surface area contributed by atoms with Crippen LogP contribution in [0.4, 0.5) is 4.79 Å². The Hall–Kier alpha value is -2.26.